The second-order valence-electron chi connectivity index (χ2n) is 4.87. The summed E-state index contributed by atoms with van der Waals surface area (Å²) in [5.74, 6) is 0.784. The molecule has 3 rings (SSSR count). The van der Waals surface area contributed by atoms with Crippen LogP contribution in [0.1, 0.15) is 5.56 Å². The summed E-state index contributed by atoms with van der Waals surface area (Å²) >= 11 is 0. The number of anilines is 1. The molecule has 1 atom stereocenters. The lowest BCUT2D eigenvalue weighted by molar-refractivity contribution is 0.153. The lowest BCUT2D eigenvalue weighted by atomic mass is 9.90. The summed E-state index contributed by atoms with van der Waals surface area (Å²) in [6.45, 7) is 0.845. The van der Waals surface area contributed by atoms with Gasteiger partial charge < -0.3 is 19.9 Å². The number of carbonyl (C=O) groups excluding carboxylic acids is 1. The molecule has 7 heteroatoms. The summed E-state index contributed by atoms with van der Waals surface area (Å²) in [5, 5.41) is 2.62. The Morgan fingerprint density at radius 3 is 2.95 bits per heavy atom. The fraction of sp³-hybridized carbons (Fsp3) is 0.385. The Balaban J connectivity index is 1.84. The van der Waals surface area contributed by atoms with Gasteiger partial charge in [-0.15, -0.1) is 0 Å². The Morgan fingerprint density at radius 1 is 1.45 bits per heavy atom. The highest BCUT2D eigenvalue weighted by molar-refractivity contribution is 5.84. The summed E-state index contributed by atoms with van der Waals surface area (Å²) in [7, 11) is 1.32. The summed E-state index contributed by atoms with van der Waals surface area (Å²) < 4.78 is 15.5. The molecule has 2 aliphatic heterocycles. The van der Waals surface area contributed by atoms with Gasteiger partial charge in [0.1, 0.15) is 24.5 Å². The van der Waals surface area contributed by atoms with Crippen LogP contribution in [0.2, 0.25) is 0 Å². The van der Waals surface area contributed by atoms with E-state index in [1.807, 2.05) is 12.1 Å². The van der Waals surface area contributed by atoms with Crippen molar-refractivity contribution in [3.63, 3.8) is 0 Å². The molecule has 0 aromatic heterocycles. The van der Waals surface area contributed by atoms with E-state index in [-0.39, 0.29) is 6.02 Å². The monoisotopic (exact) mass is 277 g/mol. The molecule has 3 N–H and O–H groups in total. The topological polar surface area (TPSA) is 95.2 Å². The zero-order chi connectivity index (χ0) is 14.2. The molecule has 0 bridgehead atoms. The third-order valence-corrected chi connectivity index (χ3v) is 3.34. The molecule has 1 aromatic rings. The van der Waals surface area contributed by atoms with Crippen LogP contribution in [0.15, 0.2) is 23.2 Å². The van der Waals surface area contributed by atoms with E-state index in [9.17, 15) is 4.79 Å². The number of methoxy groups -OCH3 is 1. The number of hydrogen-bond acceptors (Lipinski definition) is 6. The normalized spacial score (nSPS) is 23.4. The second kappa shape index (κ2) is 4.59. The first-order valence-corrected chi connectivity index (χ1v) is 6.19. The molecule has 1 aromatic carbocycles. The van der Waals surface area contributed by atoms with E-state index < -0.39 is 11.6 Å². The number of benzene rings is 1. The fourth-order valence-electron chi connectivity index (χ4n) is 2.39. The summed E-state index contributed by atoms with van der Waals surface area (Å²) in [4.78, 5) is 15.5. The summed E-state index contributed by atoms with van der Waals surface area (Å²) in [6, 6.07) is 5.62. The Morgan fingerprint density at radius 2 is 2.25 bits per heavy atom. The summed E-state index contributed by atoms with van der Waals surface area (Å²) in [6.07, 6.45) is 0.141. The minimum Gasteiger partial charge on any atom is -0.491 e. The lowest BCUT2D eigenvalue weighted by Gasteiger charge is -2.30. The summed E-state index contributed by atoms with van der Waals surface area (Å²) in [5.41, 5.74) is 6.71. The number of fused-ring (bicyclic) bond motifs is 1. The average molecular weight is 277 g/mol. The maximum Gasteiger partial charge on any atom is 0.411 e. The standard InChI is InChI=1S/C13H15N3O4/c1-18-12(17)15-9-2-3-10-8(4-9)5-13(6-19-10)7-20-11(14)16-13/h2-4H,5-7H2,1H3,(H2,14,16)(H,15,17). The van der Waals surface area contributed by atoms with E-state index in [4.69, 9.17) is 15.2 Å². The fourth-order valence-corrected chi connectivity index (χ4v) is 2.39. The van der Waals surface area contributed by atoms with E-state index in [0.717, 1.165) is 11.3 Å². The van der Waals surface area contributed by atoms with Crippen molar-refractivity contribution in [2.24, 2.45) is 10.7 Å². The van der Waals surface area contributed by atoms with Gasteiger partial charge in [0.15, 0.2) is 0 Å². The first-order valence-electron chi connectivity index (χ1n) is 6.19. The number of nitrogens with zero attached hydrogens (tertiary/aromatic N) is 1. The van der Waals surface area contributed by atoms with Crippen LogP contribution in [0, 0.1) is 0 Å². The van der Waals surface area contributed by atoms with Gasteiger partial charge in [-0.25, -0.2) is 9.79 Å². The van der Waals surface area contributed by atoms with Crippen LogP contribution in [-0.2, 0) is 15.9 Å². The number of amides is 1. The molecule has 1 unspecified atom stereocenters. The van der Waals surface area contributed by atoms with Crippen LogP contribution < -0.4 is 15.8 Å². The molecule has 106 valence electrons. The number of ether oxygens (including phenoxy) is 3. The average Bonchev–Trinajstić information content (AvgIpc) is 2.79. The molecule has 2 heterocycles. The van der Waals surface area contributed by atoms with Gasteiger partial charge in [-0.2, -0.15) is 0 Å². The maximum absolute atomic E-state index is 11.2. The van der Waals surface area contributed by atoms with E-state index in [1.54, 1.807) is 6.07 Å². The minimum absolute atomic E-state index is 0.195. The third-order valence-electron chi connectivity index (χ3n) is 3.34. The molecule has 0 radical (unpaired) electrons. The quantitative estimate of drug-likeness (QED) is 0.794. The van der Waals surface area contributed by atoms with Crippen molar-refractivity contribution in [3.8, 4) is 5.75 Å². The number of nitrogens with one attached hydrogen (secondary N) is 1. The van der Waals surface area contributed by atoms with Crippen LogP contribution in [0.3, 0.4) is 0 Å². The molecule has 1 amide bonds. The molecule has 0 saturated heterocycles. The molecule has 2 aliphatic rings. The minimum atomic E-state index is -0.511. The number of amidine groups is 1. The lowest BCUT2D eigenvalue weighted by Crippen LogP contribution is -2.41. The Bertz CT molecular complexity index is 587. The first kappa shape index (κ1) is 12.6. The van der Waals surface area contributed by atoms with Crippen molar-refractivity contribution < 1.29 is 19.0 Å². The molecule has 0 fully saturated rings. The van der Waals surface area contributed by atoms with E-state index in [1.165, 1.54) is 7.11 Å². The van der Waals surface area contributed by atoms with Gasteiger partial charge in [0.2, 0.25) is 0 Å². The van der Waals surface area contributed by atoms with Crippen LogP contribution in [0.5, 0.6) is 5.75 Å². The predicted octanol–water partition coefficient (Wildman–Crippen LogP) is 0.883. The highest BCUT2D eigenvalue weighted by atomic mass is 16.5. The Labute approximate surface area is 115 Å². The number of rotatable bonds is 1. The molecule has 0 aliphatic carbocycles. The maximum atomic E-state index is 11.2. The van der Waals surface area contributed by atoms with Gasteiger partial charge >= 0.3 is 6.09 Å². The van der Waals surface area contributed by atoms with E-state index in [0.29, 0.717) is 25.3 Å². The van der Waals surface area contributed by atoms with Gasteiger partial charge in [-0.3, -0.25) is 5.32 Å². The number of aliphatic imine (C=N–C) groups is 1. The molecule has 1 spiro atoms. The van der Waals surface area contributed by atoms with Crippen molar-refractivity contribution in [3.05, 3.63) is 23.8 Å². The van der Waals surface area contributed by atoms with Gasteiger partial charge in [-0.1, -0.05) is 0 Å². The van der Waals surface area contributed by atoms with Gasteiger partial charge in [0, 0.05) is 12.1 Å². The second-order valence-corrected chi connectivity index (χ2v) is 4.87. The van der Waals surface area contributed by atoms with Crippen LogP contribution in [-0.4, -0.2) is 38.0 Å². The van der Waals surface area contributed by atoms with Gasteiger partial charge in [0.25, 0.3) is 6.02 Å². The van der Waals surface area contributed by atoms with Crippen LogP contribution in [0.4, 0.5) is 10.5 Å². The van der Waals surface area contributed by atoms with Crippen molar-refractivity contribution >= 4 is 17.8 Å². The number of nitrogens with two attached hydrogens (primary N) is 1. The van der Waals surface area contributed by atoms with Crippen molar-refractivity contribution in [1.82, 2.24) is 0 Å². The molecule has 0 saturated carbocycles. The van der Waals surface area contributed by atoms with E-state index >= 15 is 0 Å². The van der Waals surface area contributed by atoms with Gasteiger partial charge in [-0.05, 0) is 23.8 Å². The third kappa shape index (κ3) is 2.22. The Hall–Kier alpha value is -2.44. The van der Waals surface area contributed by atoms with Crippen molar-refractivity contribution in [1.29, 1.82) is 0 Å². The van der Waals surface area contributed by atoms with Crippen molar-refractivity contribution in [2.45, 2.75) is 12.0 Å². The highest BCUT2D eigenvalue weighted by Crippen LogP contribution is 2.35. The largest absolute Gasteiger partial charge is 0.491 e. The molecular formula is C13H15N3O4. The predicted molar refractivity (Wildman–Crippen MR) is 72.0 cm³/mol. The van der Waals surface area contributed by atoms with Crippen molar-refractivity contribution in [2.75, 3.05) is 25.6 Å². The Kier molecular flexibility index (Phi) is 2.89. The molecule has 20 heavy (non-hydrogen) atoms. The van der Waals surface area contributed by atoms with Crippen LogP contribution in [0.25, 0.3) is 0 Å². The smallest absolute Gasteiger partial charge is 0.411 e. The number of hydrogen-bond donors (Lipinski definition) is 2. The SMILES string of the molecule is COC(=O)Nc1ccc2c(c1)CC1(COC(N)=N1)CO2. The van der Waals surface area contributed by atoms with Crippen LogP contribution >= 0.6 is 0 Å². The van der Waals surface area contributed by atoms with E-state index in [2.05, 4.69) is 15.0 Å². The first-order chi connectivity index (χ1) is 9.60. The molecule has 7 nitrogen and oxygen atoms in total. The zero-order valence-electron chi connectivity index (χ0n) is 11.0. The number of carbonyl (C=O) groups is 1. The zero-order valence-corrected chi connectivity index (χ0v) is 11.0. The highest BCUT2D eigenvalue weighted by Gasteiger charge is 2.41. The molecular weight excluding hydrogens is 262 g/mol. The van der Waals surface area contributed by atoms with Gasteiger partial charge in [0.05, 0.1) is 7.11 Å².